The number of anilines is 1. The quantitative estimate of drug-likeness (QED) is 0.891. The van der Waals surface area contributed by atoms with Gasteiger partial charge in [-0.05, 0) is 48.9 Å². The van der Waals surface area contributed by atoms with Crippen LogP contribution in [0, 0.1) is 0 Å². The molecule has 2 amide bonds. The van der Waals surface area contributed by atoms with Crippen molar-refractivity contribution >= 4 is 33.4 Å². The highest BCUT2D eigenvalue weighted by Gasteiger charge is 2.15. The second-order valence-electron chi connectivity index (χ2n) is 4.70. The summed E-state index contributed by atoms with van der Waals surface area (Å²) in [6, 6.07) is 14.1. The van der Waals surface area contributed by atoms with Gasteiger partial charge in [0, 0.05) is 15.7 Å². The van der Waals surface area contributed by atoms with E-state index in [-0.39, 0.29) is 11.8 Å². The molecule has 0 aromatic heterocycles. The number of carbonyl (C=O) groups excluding carboxylic acids is 2. The van der Waals surface area contributed by atoms with Crippen LogP contribution in [0.4, 0.5) is 5.69 Å². The molecule has 0 aliphatic rings. The molecule has 1 atom stereocenters. The summed E-state index contributed by atoms with van der Waals surface area (Å²) in [6.45, 7) is 1.84. The number of rotatable bonds is 4. The van der Waals surface area contributed by atoms with Gasteiger partial charge in [-0.25, -0.2) is 0 Å². The van der Waals surface area contributed by atoms with Crippen LogP contribution in [0.3, 0.4) is 0 Å². The highest BCUT2D eigenvalue weighted by Crippen LogP contribution is 2.20. The van der Waals surface area contributed by atoms with Crippen molar-refractivity contribution in [3.63, 3.8) is 0 Å². The lowest BCUT2D eigenvalue weighted by atomic mass is 10.0. The summed E-state index contributed by atoms with van der Waals surface area (Å²) in [7, 11) is 0. The minimum absolute atomic E-state index is 0.107. The molecule has 2 rings (SSSR count). The van der Waals surface area contributed by atoms with Gasteiger partial charge in [0.05, 0.1) is 5.92 Å². The number of nitrogens with two attached hydrogens (primary N) is 1. The van der Waals surface area contributed by atoms with Gasteiger partial charge in [-0.15, -0.1) is 0 Å². The normalized spacial score (nSPS) is 11.7. The summed E-state index contributed by atoms with van der Waals surface area (Å²) >= 11 is 3.37. The number of carbonyl (C=O) groups is 2. The minimum atomic E-state index is -0.490. The van der Waals surface area contributed by atoms with E-state index in [2.05, 4.69) is 21.2 Å². The molecule has 108 valence electrons. The van der Waals surface area contributed by atoms with Crippen molar-refractivity contribution < 1.29 is 9.59 Å². The maximum Gasteiger partial charge on any atom is 0.248 e. The Morgan fingerprint density at radius 3 is 2.14 bits per heavy atom. The van der Waals surface area contributed by atoms with Crippen LogP contribution < -0.4 is 11.1 Å². The van der Waals surface area contributed by atoms with Gasteiger partial charge in [0.25, 0.3) is 0 Å². The Hall–Kier alpha value is -2.14. The number of hydrogen-bond acceptors (Lipinski definition) is 2. The summed E-state index contributed by atoms with van der Waals surface area (Å²) in [5.74, 6) is -0.867. The van der Waals surface area contributed by atoms with Crippen LogP contribution >= 0.6 is 15.9 Å². The highest BCUT2D eigenvalue weighted by atomic mass is 79.9. The second kappa shape index (κ2) is 6.54. The predicted molar refractivity (Wildman–Crippen MR) is 86.1 cm³/mol. The molecule has 0 bridgehead atoms. The lowest BCUT2D eigenvalue weighted by molar-refractivity contribution is -0.117. The Balaban J connectivity index is 2.06. The molecule has 21 heavy (non-hydrogen) atoms. The fourth-order valence-corrected chi connectivity index (χ4v) is 2.14. The van der Waals surface area contributed by atoms with Crippen LogP contribution in [0.25, 0.3) is 0 Å². The predicted octanol–water partition coefficient (Wildman–Crippen LogP) is 3.29. The minimum Gasteiger partial charge on any atom is -0.366 e. The van der Waals surface area contributed by atoms with E-state index in [0.29, 0.717) is 11.3 Å². The first-order chi connectivity index (χ1) is 9.97. The summed E-state index contributed by atoms with van der Waals surface area (Å²) in [5.41, 5.74) is 7.15. The van der Waals surface area contributed by atoms with Crippen molar-refractivity contribution in [1.82, 2.24) is 0 Å². The standard InChI is InChI=1S/C16H15BrN2O2/c1-10(11-2-6-13(17)7-3-11)16(21)19-14-8-4-12(5-9-14)15(18)20/h2-10H,1H3,(H2,18,20)(H,19,21). The van der Waals surface area contributed by atoms with Crippen LogP contribution in [0.15, 0.2) is 53.0 Å². The molecule has 0 spiro atoms. The fourth-order valence-electron chi connectivity index (χ4n) is 1.87. The van der Waals surface area contributed by atoms with E-state index in [4.69, 9.17) is 5.73 Å². The van der Waals surface area contributed by atoms with Crippen molar-refractivity contribution in [3.8, 4) is 0 Å². The smallest absolute Gasteiger partial charge is 0.248 e. The van der Waals surface area contributed by atoms with Gasteiger partial charge in [0.2, 0.25) is 11.8 Å². The first-order valence-corrected chi connectivity index (χ1v) is 7.23. The maximum absolute atomic E-state index is 12.2. The van der Waals surface area contributed by atoms with Crippen LogP contribution in [0.5, 0.6) is 0 Å². The highest BCUT2D eigenvalue weighted by molar-refractivity contribution is 9.10. The molecule has 0 heterocycles. The first-order valence-electron chi connectivity index (χ1n) is 6.43. The van der Waals surface area contributed by atoms with E-state index in [0.717, 1.165) is 10.0 Å². The van der Waals surface area contributed by atoms with E-state index >= 15 is 0 Å². The Morgan fingerprint density at radius 1 is 1.05 bits per heavy atom. The van der Waals surface area contributed by atoms with Crippen LogP contribution in [0.1, 0.15) is 28.8 Å². The summed E-state index contributed by atoms with van der Waals surface area (Å²) in [6.07, 6.45) is 0. The first kappa shape index (κ1) is 15.3. The topological polar surface area (TPSA) is 72.2 Å². The molecule has 0 fully saturated rings. The van der Waals surface area contributed by atoms with E-state index in [1.54, 1.807) is 24.3 Å². The van der Waals surface area contributed by atoms with Gasteiger partial charge in [0.15, 0.2) is 0 Å². The summed E-state index contributed by atoms with van der Waals surface area (Å²) < 4.78 is 0.973. The average Bonchev–Trinajstić information content (AvgIpc) is 2.47. The van der Waals surface area contributed by atoms with E-state index in [1.807, 2.05) is 31.2 Å². The van der Waals surface area contributed by atoms with Gasteiger partial charge < -0.3 is 11.1 Å². The Labute approximate surface area is 131 Å². The largest absolute Gasteiger partial charge is 0.366 e. The molecule has 5 heteroatoms. The molecule has 2 aromatic carbocycles. The molecule has 0 radical (unpaired) electrons. The number of amides is 2. The lowest BCUT2D eigenvalue weighted by Gasteiger charge is -2.13. The van der Waals surface area contributed by atoms with E-state index < -0.39 is 5.91 Å². The van der Waals surface area contributed by atoms with Gasteiger partial charge in [-0.3, -0.25) is 9.59 Å². The molecule has 0 aliphatic heterocycles. The molecule has 1 unspecified atom stereocenters. The average molecular weight is 347 g/mol. The number of primary amides is 1. The van der Waals surface area contributed by atoms with Gasteiger partial charge in [-0.1, -0.05) is 28.1 Å². The second-order valence-corrected chi connectivity index (χ2v) is 5.62. The van der Waals surface area contributed by atoms with Gasteiger partial charge in [-0.2, -0.15) is 0 Å². The zero-order chi connectivity index (χ0) is 15.4. The van der Waals surface area contributed by atoms with Crippen molar-refractivity contribution in [2.24, 2.45) is 5.73 Å². The van der Waals surface area contributed by atoms with Crippen molar-refractivity contribution in [2.75, 3.05) is 5.32 Å². The van der Waals surface area contributed by atoms with Crippen LogP contribution in [0.2, 0.25) is 0 Å². The maximum atomic E-state index is 12.2. The summed E-state index contributed by atoms with van der Waals surface area (Å²) in [5, 5.41) is 2.82. The van der Waals surface area contributed by atoms with E-state index in [9.17, 15) is 9.59 Å². The monoisotopic (exact) mass is 346 g/mol. The molecule has 0 saturated carbocycles. The molecule has 3 N–H and O–H groups in total. The molecular weight excluding hydrogens is 332 g/mol. The van der Waals surface area contributed by atoms with Gasteiger partial charge in [0.1, 0.15) is 0 Å². The Kier molecular flexibility index (Phi) is 4.75. The van der Waals surface area contributed by atoms with Crippen LogP contribution in [-0.2, 0) is 4.79 Å². The van der Waals surface area contributed by atoms with Crippen molar-refractivity contribution in [1.29, 1.82) is 0 Å². The number of nitrogens with one attached hydrogen (secondary N) is 1. The molecule has 0 saturated heterocycles. The molecule has 4 nitrogen and oxygen atoms in total. The lowest BCUT2D eigenvalue weighted by Crippen LogP contribution is -2.19. The third-order valence-corrected chi connectivity index (χ3v) is 3.73. The SMILES string of the molecule is CC(C(=O)Nc1ccc(C(N)=O)cc1)c1ccc(Br)cc1. The molecular formula is C16H15BrN2O2. The number of hydrogen-bond donors (Lipinski definition) is 2. The van der Waals surface area contributed by atoms with Crippen molar-refractivity contribution in [2.45, 2.75) is 12.8 Å². The number of benzene rings is 2. The van der Waals surface area contributed by atoms with E-state index in [1.165, 1.54) is 0 Å². The fraction of sp³-hybridized carbons (Fsp3) is 0.125. The Bertz CT molecular complexity index is 651. The zero-order valence-corrected chi connectivity index (χ0v) is 13.1. The third kappa shape index (κ3) is 3.92. The molecule has 0 aliphatic carbocycles. The van der Waals surface area contributed by atoms with Gasteiger partial charge >= 0.3 is 0 Å². The zero-order valence-electron chi connectivity index (χ0n) is 11.5. The number of halogens is 1. The molecule has 2 aromatic rings. The third-order valence-electron chi connectivity index (χ3n) is 3.20. The van der Waals surface area contributed by atoms with Crippen LogP contribution in [-0.4, -0.2) is 11.8 Å². The Morgan fingerprint density at radius 2 is 1.62 bits per heavy atom. The summed E-state index contributed by atoms with van der Waals surface area (Å²) in [4.78, 5) is 23.2. The van der Waals surface area contributed by atoms with Crippen molar-refractivity contribution in [3.05, 3.63) is 64.1 Å².